The summed E-state index contributed by atoms with van der Waals surface area (Å²) in [6, 6.07) is 14.4. The Hall–Kier alpha value is -1.92. The first-order valence-electron chi connectivity index (χ1n) is 8.03. The Morgan fingerprint density at radius 2 is 1.79 bits per heavy atom. The first-order chi connectivity index (χ1) is 11.5. The maximum absolute atomic E-state index is 4.46. The Bertz CT molecular complexity index is 782. The smallest absolute Gasteiger partial charge is 0.191 e. The number of nitrogens with zero attached hydrogens (tertiary/aromatic N) is 4. The third-order valence-corrected chi connectivity index (χ3v) is 8.06. The van der Waals surface area contributed by atoms with Crippen molar-refractivity contribution in [1.29, 1.82) is 0 Å². The molecule has 0 atom stereocenters. The van der Waals surface area contributed by atoms with Gasteiger partial charge < -0.3 is 0 Å². The van der Waals surface area contributed by atoms with Crippen LogP contribution in [0.25, 0.3) is 11.4 Å². The molecule has 0 aliphatic carbocycles. The molecule has 2 aromatic heterocycles. The number of rotatable bonds is 6. The molecule has 0 N–H and O–H groups in total. The zero-order valence-corrected chi connectivity index (χ0v) is 16.1. The van der Waals surface area contributed by atoms with Crippen molar-refractivity contribution >= 4 is 19.8 Å². The molecule has 0 saturated carbocycles. The highest BCUT2D eigenvalue weighted by Gasteiger charge is 2.19. The van der Waals surface area contributed by atoms with Gasteiger partial charge in [0.2, 0.25) is 0 Å². The Balaban J connectivity index is 1.96. The minimum absolute atomic E-state index is 0.770. The topological polar surface area (TPSA) is 43.6 Å². The lowest BCUT2D eigenvalue weighted by molar-refractivity contribution is 0.715. The van der Waals surface area contributed by atoms with E-state index in [0.29, 0.717) is 0 Å². The quantitative estimate of drug-likeness (QED) is 0.487. The van der Waals surface area contributed by atoms with Crippen LogP contribution in [0.4, 0.5) is 0 Å². The molecular weight excluding hydrogens is 332 g/mol. The van der Waals surface area contributed by atoms with Gasteiger partial charge in [0.05, 0.1) is 14.6 Å². The van der Waals surface area contributed by atoms with Crippen LogP contribution in [0.2, 0.25) is 19.6 Å². The van der Waals surface area contributed by atoms with Crippen molar-refractivity contribution in [2.45, 2.75) is 31.3 Å². The molecule has 0 aliphatic heterocycles. The molecule has 124 valence electrons. The maximum atomic E-state index is 4.46. The van der Waals surface area contributed by atoms with E-state index in [2.05, 4.69) is 63.7 Å². The van der Waals surface area contributed by atoms with Gasteiger partial charge in [0.25, 0.3) is 0 Å². The Labute approximate surface area is 148 Å². The third kappa shape index (κ3) is 4.33. The van der Waals surface area contributed by atoms with Crippen molar-refractivity contribution in [2.75, 3.05) is 5.38 Å². The summed E-state index contributed by atoms with van der Waals surface area (Å²) in [5.41, 5.74) is 2.25. The number of aromatic nitrogens is 4. The van der Waals surface area contributed by atoms with Crippen LogP contribution >= 0.6 is 11.8 Å². The zero-order chi connectivity index (χ0) is 17.0. The van der Waals surface area contributed by atoms with Crippen molar-refractivity contribution in [2.24, 2.45) is 0 Å². The molecule has 0 bridgehead atoms. The van der Waals surface area contributed by atoms with E-state index in [4.69, 9.17) is 0 Å². The minimum atomic E-state index is -1.16. The lowest BCUT2D eigenvalue weighted by Crippen LogP contribution is -2.24. The van der Waals surface area contributed by atoms with E-state index in [1.54, 1.807) is 6.20 Å². The summed E-state index contributed by atoms with van der Waals surface area (Å²) in [6.45, 7) is 7.89. The van der Waals surface area contributed by atoms with Gasteiger partial charge in [-0.3, -0.25) is 9.55 Å². The molecule has 0 spiro atoms. The van der Waals surface area contributed by atoms with E-state index in [1.807, 2.05) is 36.2 Å². The summed E-state index contributed by atoms with van der Waals surface area (Å²) in [6.07, 6.45) is 3.63. The van der Waals surface area contributed by atoms with Crippen LogP contribution in [-0.2, 0) is 6.54 Å². The Kier molecular flexibility index (Phi) is 5.16. The van der Waals surface area contributed by atoms with Crippen molar-refractivity contribution in [3.8, 4) is 11.4 Å². The van der Waals surface area contributed by atoms with Crippen LogP contribution in [0.1, 0.15) is 5.56 Å². The van der Waals surface area contributed by atoms with E-state index in [-0.39, 0.29) is 0 Å². The van der Waals surface area contributed by atoms with E-state index in [9.17, 15) is 0 Å². The van der Waals surface area contributed by atoms with Gasteiger partial charge in [-0.15, -0.1) is 10.2 Å². The molecule has 0 amide bonds. The van der Waals surface area contributed by atoms with E-state index in [0.717, 1.165) is 28.5 Å². The summed E-state index contributed by atoms with van der Waals surface area (Å²) in [7, 11) is -1.16. The summed E-state index contributed by atoms with van der Waals surface area (Å²) >= 11 is 1.82. The van der Waals surface area contributed by atoms with Gasteiger partial charge in [-0.25, -0.2) is 0 Å². The summed E-state index contributed by atoms with van der Waals surface area (Å²) in [4.78, 5) is 4.22. The Morgan fingerprint density at radius 1 is 1.00 bits per heavy atom. The molecule has 0 fully saturated rings. The van der Waals surface area contributed by atoms with Crippen LogP contribution < -0.4 is 0 Å². The fourth-order valence-electron chi connectivity index (χ4n) is 2.29. The monoisotopic (exact) mass is 354 g/mol. The second-order valence-corrected chi connectivity index (χ2v) is 13.9. The second kappa shape index (κ2) is 7.32. The first kappa shape index (κ1) is 16.9. The molecule has 2 heterocycles. The predicted molar refractivity (Wildman–Crippen MR) is 103 cm³/mol. The van der Waals surface area contributed by atoms with E-state index in [1.165, 1.54) is 5.56 Å². The molecule has 3 aromatic rings. The zero-order valence-electron chi connectivity index (χ0n) is 14.3. The SMILES string of the molecule is C[Si](C)(C)CSc1nnc(-c2cccnc2)n1Cc1ccccc1. The average molecular weight is 355 g/mol. The van der Waals surface area contributed by atoms with Crippen LogP contribution in [-0.4, -0.2) is 33.2 Å². The highest BCUT2D eigenvalue weighted by molar-refractivity contribution is 8.00. The van der Waals surface area contributed by atoms with Crippen molar-refractivity contribution in [3.63, 3.8) is 0 Å². The number of hydrogen-bond acceptors (Lipinski definition) is 4. The summed E-state index contributed by atoms with van der Waals surface area (Å²) < 4.78 is 2.21. The highest BCUT2D eigenvalue weighted by Crippen LogP contribution is 2.26. The van der Waals surface area contributed by atoms with Gasteiger partial charge in [-0.1, -0.05) is 61.7 Å². The van der Waals surface area contributed by atoms with Gasteiger partial charge in [-0.2, -0.15) is 0 Å². The van der Waals surface area contributed by atoms with Gasteiger partial charge in [-0.05, 0) is 23.1 Å². The van der Waals surface area contributed by atoms with Crippen molar-refractivity contribution in [1.82, 2.24) is 19.7 Å². The molecule has 0 unspecified atom stereocenters. The number of thioether (sulfide) groups is 1. The maximum Gasteiger partial charge on any atom is 0.191 e. The predicted octanol–water partition coefficient (Wildman–Crippen LogP) is 4.36. The molecule has 0 radical (unpaired) electrons. The molecule has 1 aromatic carbocycles. The third-order valence-electron chi connectivity index (χ3n) is 3.45. The lowest BCUT2D eigenvalue weighted by Gasteiger charge is -2.15. The Morgan fingerprint density at radius 3 is 2.46 bits per heavy atom. The van der Waals surface area contributed by atoms with Gasteiger partial charge in [0.1, 0.15) is 0 Å². The van der Waals surface area contributed by atoms with Crippen LogP contribution in [0.3, 0.4) is 0 Å². The van der Waals surface area contributed by atoms with Gasteiger partial charge >= 0.3 is 0 Å². The minimum Gasteiger partial charge on any atom is -0.298 e. The largest absolute Gasteiger partial charge is 0.298 e. The first-order valence-corrected chi connectivity index (χ1v) is 12.7. The van der Waals surface area contributed by atoms with Gasteiger partial charge in [0, 0.05) is 18.0 Å². The number of benzene rings is 1. The highest BCUT2D eigenvalue weighted by atomic mass is 32.2. The van der Waals surface area contributed by atoms with Crippen LogP contribution in [0, 0.1) is 0 Å². The molecule has 0 aliphatic rings. The number of pyridine rings is 1. The molecule has 6 heteroatoms. The standard InChI is InChI=1S/C18H22N4SSi/c1-24(2,3)14-23-18-21-20-17(16-10-7-11-19-12-16)22(18)13-15-8-5-4-6-9-15/h4-12H,13-14H2,1-3H3. The molecule has 0 saturated heterocycles. The molecule has 4 nitrogen and oxygen atoms in total. The van der Waals surface area contributed by atoms with Crippen LogP contribution in [0.5, 0.6) is 0 Å². The molecule has 3 rings (SSSR count). The fourth-order valence-corrected chi connectivity index (χ4v) is 4.95. The molecular formula is C18H22N4SSi. The summed E-state index contributed by atoms with van der Waals surface area (Å²) in [5.74, 6) is 0.880. The van der Waals surface area contributed by atoms with Crippen molar-refractivity contribution in [3.05, 3.63) is 60.4 Å². The summed E-state index contributed by atoms with van der Waals surface area (Å²) in [5, 5.41) is 11.0. The average Bonchev–Trinajstić information content (AvgIpc) is 2.97. The second-order valence-electron chi connectivity index (χ2n) is 6.97. The van der Waals surface area contributed by atoms with Crippen molar-refractivity contribution < 1.29 is 0 Å². The fraction of sp³-hybridized carbons (Fsp3) is 0.278. The molecule has 24 heavy (non-hydrogen) atoms. The van der Waals surface area contributed by atoms with E-state index >= 15 is 0 Å². The number of hydrogen-bond donors (Lipinski definition) is 0. The van der Waals surface area contributed by atoms with Crippen LogP contribution in [0.15, 0.2) is 60.0 Å². The van der Waals surface area contributed by atoms with Gasteiger partial charge in [0.15, 0.2) is 11.0 Å². The normalized spacial score (nSPS) is 11.6. The lowest BCUT2D eigenvalue weighted by atomic mass is 10.2. The van der Waals surface area contributed by atoms with E-state index < -0.39 is 8.07 Å².